The molecule has 52 valence electrons. The SMILES string of the molecule is CC(N=C=S)c1ccco1. The van der Waals surface area contributed by atoms with Gasteiger partial charge in [-0.1, -0.05) is 0 Å². The van der Waals surface area contributed by atoms with Crippen LogP contribution in [-0.2, 0) is 0 Å². The van der Waals surface area contributed by atoms with E-state index in [-0.39, 0.29) is 6.04 Å². The van der Waals surface area contributed by atoms with E-state index < -0.39 is 0 Å². The average Bonchev–Trinajstić information content (AvgIpc) is 2.38. The van der Waals surface area contributed by atoms with Gasteiger partial charge in [-0.2, -0.15) is 0 Å². The van der Waals surface area contributed by atoms with Crippen LogP contribution < -0.4 is 0 Å². The topological polar surface area (TPSA) is 25.5 Å². The van der Waals surface area contributed by atoms with Crippen molar-refractivity contribution < 1.29 is 4.42 Å². The Morgan fingerprint density at radius 3 is 3.10 bits per heavy atom. The monoisotopic (exact) mass is 153 g/mol. The summed E-state index contributed by atoms with van der Waals surface area (Å²) in [5, 5.41) is 2.30. The van der Waals surface area contributed by atoms with Gasteiger partial charge in [0.25, 0.3) is 0 Å². The molecule has 1 heterocycles. The highest BCUT2D eigenvalue weighted by atomic mass is 32.1. The molecule has 0 N–H and O–H groups in total. The molecule has 0 saturated carbocycles. The van der Waals surface area contributed by atoms with E-state index in [2.05, 4.69) is 22.4 Å². The van der Waals surface area contributed by atoms with Gasteiger partial charge in [0.05, 0.1) is 11.4 Å². The predicted octanol–water partition coefficient (Wildman–Crippen LogP) is 2.44. The third-order valence-corrected chi connectivity index (χ3v) is 1.31. The summed E-state index contributed by atoms with van der Waals surface area (Å²) in [5.74, 6) is 0.817. The molecule has 0 aliphatic heterocycles. The van der Waals surface area contributed by atoms with E-state index in [9.17, 15) is 0 Å². The van der Waals surface area contributed by atoms with Crippen molar-refractivity contribution >= 4 is 17.4 Å². The smallest absolute Gasteiger partial charge is 0.128 e. The number of rotatable bonds is 2. The van der Waals surface area contributed by atoms with Gasteiger partial charge in [0.1, 0.15) is 11.8 Å². The molecule has 0 fully saturated rings. The van der Waals surface area contributed by atoms with Crippen LogP contribution in [-0.4, -0.2) is 5.16 Å². The first-order valence-electron chi connectivity index (χ1n) is 2.95. The van der Waals surface area contributed by atoms with Gasteiger partial charge in [-0.3, -0.25) is 0 Å². The molecule has 1 aromatic heterocycles. The zero-order valence-corrected chi connectivity index (χ0v) is 6.39. The maximum Gasteiger partial charge on any atom is 0.128 e. The molecule has 10 heavy (non-hydrogen) atoms. The van der Waals surface area contributed by atoms with E-state index in [0.29, 0.717) is 0 Å². The molecule has 0 bridgehead atoms. The molecule has 1 aromatic rings. The summed E-state index contributed by atoms with van der Waals surface area (Å²) >= 11 is 4.44. The molecule has 0 aliphatic rings. The van der Waals surface area contributed by atoms with Gasteiger partial charge < -0.3 is 4.42 Å². The van der Waals surface area contributed by atoms with Crippen molar-refractivity contribution in [2.24, 2.45) is 4.99 Å². The fraction of sp³-hybridized carbons (Fsp3) is 0.286. The van der Waals surface area contributed by atoms with Gasteiger partial charge >= 0.3 is 0 Å². The van der Waals surface area contributed by atoms with Crippen molar-refractivity contribution in [2.75, 3.05) is 0 Å². The van der Waals surface area contributed by atoms with Crippen LogP contribution in [0.2, 0.25) is 0 Å². The van der Waals surface area contributed by atoms with E-state index in [1.54, 1.807) is 6.26 Å². The Morgan fingerprint density at radius 1 is 1.80 bits per heavy atom. The molecule has 0 spiro atoms. The summed E-state index contributed by atoms with van der Waals surface area (Å²) in [5.41, 5.74) is 0. The van der Waals surface area contributed by atoms with E-state index in [1.165, 1.54) is 0 Å². The maximum absolute atomic E-state index is 5.07. The van der Waals surface area contributed by atoms with Crippen molar-refractivity contribution in [1.82, 2.24) is 0 Å². The summed E-state index contributed by atoms with van der Waals surface area (Å²) < 4.78 is 5.07. The number of isothiocyanates is 1. The minimum Gasteiger partial charge on any atom is -0.467 e. The van der Waals surface area contributed by atoms with Crippen molar-refractivity contribution in [2.45, 2.75) is 13.0 Å². The van der Waals surface area contributed by atoms with Gasteiger partial charge in [0.2, 0.25) is 0 Å². The number of hydrogen-bond acceptors (Lipinski definition) is 3. The Labute approximate surface area is 64.6 Å². The second-order valence-corrected chi connectivity index (χ2v) is 2.09. The lowest BCUT2D eigenvalue weighted by molar-refractivity contribution is 0.482. The highest BCUT2D eigenvalue weighted by Crippen LogP contribution is 2.15. The molecule has 1 unspecified atom stereocenters. The third-order valence-electron chi connectivity index (χ3n) is 1.20. The van der Waals surface area contributed by atoms with E-state index >= 15 is 0 Å². The predicted molar refractivity (Wildman–Crippen MR) is 42.1 cm³/mol. The fourth-order valence-electron chi connectivity index (χ4n) is 0.672. The van der Waals surface area contributed by atoms with Gasteiger partial charge in [0.15, 0.2) is 0 Å². The Morgan fingerprint density at radius 2 is 2.60 bits per heavy atom. The van der Waals surface area contributed by atoms with E-state index in [4.69, 9.17) is 4.42 Å². The second kappa shape index (κ2) is 3.30. The first kappa shape index (κ1) is 7.19. The quantitative estimate of drug-likeness (QED) is 0.481. The second-order valence-electron chi connectivity index (χ2n) is 1.91. The van der Waals surface area contributed by atoms with Crippen LogP contribution in [0.25, 0.3) is 0 Å². The molecular weight excluding hydrogens is 146 g/mol. The molecule has 2 nitrogen and oxygen atoms in total. The minimum atomic E-state index is -0.00694. The van der Waals surface area contributed by atoms with Crippen molar-refractivity contribution in [3.05, 3.63) is 24.2 Å². The van der Waals surface area contributed by atoms with Crippen molar-refractivity contribution in [3.63, 3.8) is 0 Å². The van der Waals surface area contributed by atoms with Crippen LogP contribution >= 0.6 is 12.2 Å². The van der Waals surface area contributed by atoms with Gasteiger partial charge in [-0.15, -0.1) is 0 Å². The van der Waals surface area contributed by atoms with Crippen LogP contribution in [0.15, 0.2) is 27.8 Å². The standard InChI is InChI=1S/C7H7NOS/c1-6(8-5-10)7-3-2-4-9-7/h2-4,6H,1H3. The Balaban J connectivity index is 2.76. The highest BCUT2D eigenvalue weighted by molar-refractivity contribution is 7.78. The molecule has 0 saturated heterocycles. The largest absolute Gasteiger partial charge is 0.467 e. The number of aliphatic imine (C=N–C) groups is 1. The van der Waals surface area contributed by atoms with Crippen molar-refractivity contribution in [3.8, 4) is 0 Å². The number of nitrogens with zero attached hydrogens (tertiary/aromatic N) is 1. The van der Waals surface area contributed by atoms with E-state index in [0.717, 1.165) is 5.76 Å². The fourth-order valence-corrected chi connectivity index (χ4v) is 0.830. The number of hydrogen-bond donors (Lipinski definition) is 0. The lowest BCUT2D eigenvalue weighted by atomic mass is 10.3. The van der Waals surface area contributed by atoms with Crippen LogP contribution in [0.1, 0.15) is 18.7 Å². The summed E-state index contributed by atoms with van der Waals surface area (Å²) in [7, 11) is 0. The lowest BCUT2D eigenvalue weighted by Crippen LogP contribution is -1.83. The Bertz CT molecular complexity index is 236. The van der Waals surface area contributed by atoms with Crippen molar-refractivity contribution in [1.29, 1.82) is 0 Å². The number of thiocarbonyl (C=S) groups is 1. The van der Waals surface area contributed by atoms with Gasteiger partial charge in [-0.05, 0) is 31.3 Å². The lowest BCUT2D eigenvalue weighted by Gasteiger charge is -1.96. The molecule has 3 heteroatoms. The van der Waals surface area contributed by atoms with Gasteiger partial charge in [0, 0.05) is 0 Å². The summed E-state index contributed by atoms with van der Waals surface area (Å²) in [6.45, 7) is 1.90. The highest BCUT2D eigenvalue weighted by Gasteiger charge is 2.03. The summed E-state index contributed by atoms with van der Waals surface area (Å²) in [6, 6.07) is 3.68. The Hall–Kier alpha value is -0.920. The Kier molecular flexibility index (Phi) is 2.37. The van der Waals surface area contributed by atoms with Crippen LogP contribution in [0, 0.1) is 0 Å². The number of furan rings is 1. The van der Waals surface area contributed by atoms with Gasteiger partial charge in [-0.25, -0.2) is 4.99 Å². The average molecular weight is 153 g/mol. The molecule has 0 aromatic carbocycles. The molecule has 1 atom stereocenters. The summed E-state index contributed by atoms with van der Waals surface area (Å²) in [4.78, 5) is 3.84. The van der Waals surface area contributed by atoms with Crippen LogP contribution in [0.5, 0.6) is 0 Å². The molecule has 0 aliphatic carbocycles. The minimum absolute atomic E-state index is 0.00694. The molecule has 1 rings (SSSR count). The van der Waals surface area contributed by atoms with Crippen LogP contribution in [0.3, 0.4) is 0 Å². The zero-order chi connectivity index (χ0) is 7.40. The molecular formula is C7H7NOS. The first-order valence-corrected chi connectivity index (χ1v) is 3.36. The normalized spacial score (nSPS) is 12.1. The van der Waals surface area contributed by atoms with E-state index in [1.807, 2.05) is 19.1 Å². The van der Waals surface area contributed by atoms with Crippen LogP contribution in [0.4, 0.5) is 0 Å². The summed E-state index contributed by atoms with van der Waals surface area (Å²) in [6.07, 6.45) is 1.62. The first-order chi connectivity index (χ1) is 4.84. The third kappa shape index (κ3) is 1.53. The zero-order valence-electron chi connectivity index (χ0n) is 5.57. The maximum atomic E-state index is 5.07. The molecule has 0 radical (unpaired) electrons. The molecule has 0 amide bonds.